The molecule has 2 rings (SSSR count). The first-order valence-electron chi connectivity index (χ1n) is 10.6. The van der Waals surface area contributed by atoms with Crippen LogP contribution in [0.2, 0.25) is 0 Å². The van der Waals surface area contributed by atoms with Crippen molar-refractivity contribution < 1.29 is 14.4 Å². The van der Waals surface area contributed by atoms with Crippen molar-refractivity contribution in [3.8, 4) is 0 Å². The fourth-order valence-electron chi connectivity index (χ4n) is 3.13. The van der Waals surface area contributed by atoms with Crippen molar-refractivity contribution in [3.05, 3.63) is 65.7 Å². The molecular weight excluding hydrogens is 392 g/mol. The van der Waals surface area contributed by atoms with E-state index in [0.29, 0.717) is 17.8 Å². The standard InChI is InChI=1S/C24H32N4O3/c1-5-28(15-22(29)25-17(2)3)16-23(30)27-21-14-10-9-13-20(21)24(31)26-18(4)19-11-7-6-8-12-19/h6-14,17-18H,5,15-16H2,1-4H3,(H,25,29)(H,26,31)(H,27,30). The van der Waals surface area contributed by atoms with Crippen molar-refractivity contribution in [3.63, 3.8) is 0 Å². The molecule has 3 amide bonds. The van der Waals surface area contributed by atoms with E-state index >= 15 is 0 Å². The number of carbonyl (C=O) groups excluding carboxylic acids is 3. The van der Waals surface area contributed by atoms with Crippen LogP contribution < -0.4 is 16.0 Å². The van der Waals surface area contributed by atoms with Gasteiger partial charge in [0, 0.05) is 6.04 Å². The molecule has 0 saturated carbocycles. The first-order chi connectivity index (χ1) is 14.8. The second-order valence-corrected chi connectivity index (χ2v) is 7.73. The van der Waals surface area contributed by atoms with Crippen molar-refractivity contribution in [2.45, 2.75) is 39.8 Å². The minimum Gasteiger partial charge on any atom is -0.353 e. The molecular formula is C24H32N4O3. The van der Waals surface area contributed by atoms with E-state index in [4.69, 9.17) is 0 Å². The number of benzene rings is 2. The lowest BCUT2D eigenvalue weighted by Gasteiger charge is -2.21. The van der Waals surface area contributed by atoms with Crippen LogP contribution in [0.25, 0.3) is 0 Å². The van der Waals surface area contributed by atoms with Crippen molar-refractivity contribution in [1.29, 1.82) is 0 Å². The van der Waals surface area contributed by atoms with Gasteiger partial charge < -0.3 is 16.0 Å². The molecule has 0 spiro atoms. The van der Waals surface area contributed by atoms with E-state index < -0.39 is 0 Å². The Morgan fingerprint density at radius 1 is 0.839 bits per heavy atom. The summed E-state index contributed by atoms with van der Waals surface area (Å²) in [6.45, 7) is 8.33. The smallest absolute Gasteiger partial charge is 0.253 e. The van der Waals surface area contributed by atoms with Crippen LogP contribution in [0.1, 0.15) is 49.7 Å². The zero-order valence-electron chi connectivity index (χ0n) is 18.6. The molecule has 0 aliphatic carbocycles. The number of rotatable bonds is 10. The van der Waals surface area contributed by atoms with Crippen LogP contribution in [-0.4, -0.2) is 48.3 Å². The number of likely N-dealkylation sites (N-methyl/N-ethyl adjacent to an activating group) is 1. The molecule has 1 atom stereocenters. The summed E-state index contributed by atoms with van der Waals surface area (Å²) in [5.74, 6) is -0.675. The zero-order chi connectivity index (χ0) is 22.8. The lowest BCUT2D eigenvalue weighted by Crippen LogP contribution is -2.43. The Bertz CT molecular complexity index is 883. The van der Waals surface area contributed by atoms with E-state index in [1.54, 1.807) is 29.2 Å². The van der Waals surface area contributed by atoms with Crippen LogP contribution in [0.5, 0.6) is 0 Å². The van der Waals surface area contributed by atoms with Gasteiger partial charge in [0.1, 0.15) is 0 Å². The van der Waals surface area contributed by atoms with Crippen molar-refractivity contribution in [1.82, 2.24) is 15.5 Å². The van der Waals surface area contributed by atoms with Crippen LogP contribution in [-0.2, 0) is 9.59 Å². The average molecular weight is 425 g/mol. The largest absolute Gasteiger partial charge is 0.353 e. The van der Waals surface area contributed by atoms with Gasteiger partial charge in [0.2, 0.25) is 11.8 Å². The van der Waals surface area contributed by atoms with Crippen LogP contribution in [0.15, 0.2) is 54.6 Å². The maximum absolute atomic E-state index is 12.8. The molecule has 2 aromatic carbocycles. The molecule has 0 bridgehead atoms. The van der Waals surface area contributed by atoms with E-state index in [9.17, 15) is 14.4 Å². The molecule has 2 aromatic rings. The lowest BCUT2D eigenvalue weighted by molar-refractivity contribution is -0.123. The topological polar surface area (TPSA) is 90.5 Å². The number of nitrogens with zero attached hydrogens (tertiary/aromatic N) is 1. The number of hydrogen-bond donors (Lipinski definition) is 3. The third kappa shape index (κ3) is 7.86. The molecule has 0 fully saturated rings. The third-order valence-corrected chi connectivity index (χ3v) is 4.72. The van der Waals surface area contributed by atoms with Gasteiger partial charge in [-0.1, -0.05) is 49.4 Å². The van der Waals surface area contributed by atoms with Gasteiger partial charge in [0.25, 0.3) is 5.91 Å². The summed E-state index contributed by atoms with van der Waals surface area (Å²) < 4.78 is 0. The Morgan fingerprint density at radius 3 is 2.10 bits per heavy atom. The second-order valence-electron chi connectivity index (χ2n) is 7.73. The number of amides is 3. The number of nitrogens with one attached hydrogen (secondary N) is 3. The highest BCUT2D eigenvalue weighted by Crippen LogP contribution is 2.18. The first kappa shape index (κ1) is 24.1. The van der Waals surface area contributed by atoms with E-state index in [2.05, 4.69) is 16.0 Å². The van der Waals surface area contributed by atoms with Crippen molar-refractivity contribution >= 4 is 23.4 Å². The normalized spacial score (nSPS) is 11.8. The van der Waals surface area contributed by atoms with Gasteiger partial charge in [0.15, 0.2) is 0 Å². The predicted molar refractivity (Wildman–Crippen MR) is 123 cm³/mol. The quantitative estimate of drug-likeness (QED) is 0.547. The summed E-state index contributed by atoms with van der Waals surface area (Å²) in [5, 5.41) is 8.60. The summed E-state index contributed by atoms with van der Waals surface area (Å²) in [5.41, 5.74) is 1.82. The molecule has 166 valence electrons. The van der Waals surface area contributed by atoms with Crippen LogP contribution in [0.4, 0.5) is 5.69 Å². The molecule has 0 aliphatic heterocycles. The maximum atomic E-state index is 12.8. The van der Waals surface area contributed by atoms with Gasteiger partial charge in [-0.05, 0) is 45.0 Å². The van der Waals surface area contributed by atoms with Gasteiger partial charge >= 0.3 is 0 Å². The van der Waals surface area contributed by atoms with Crippen LogP contribution in [0.3, 0.4) is 0 Å². The highest BCUT2D eigenvalue weighted by Gasteiger charge is 2.18. The summed E-state index contributed by atoms with van der Waals surface area (Å²) >= 11 is 0. The lowest BCUT2D eigenvalue weighted by atomic mass is 10.1. The third-order valence-electron chi connectivity index (χ3n) is 4.72. The minimum absolute atomic E-state index is 0.0451. The molecule has 0 heterocycles. The SMILES string of the molecule is CCN(CC(=O)Nc1ccccc1C(=O)NC(C)c1ccccc1)CC(=O)NC(C)C. The van der Waals surface area contributed by atoms with E-state index in [0.717, 1.165) is 5.56 Å². The molecule has 31 heavy (non-hydrogen) atoms. The Labute approximate surface area is 184 Å². The first-order valence-corrected chi connectivity index (χ1v) is 10.6. The summed E-state index contributed by atoms with van der Waals surface area (Å²) in [7, 11) is 0. The monoisotopic (exact) mass is 424 g/mol. The molecule has 0 aromatic heterocycles. The molecule has 0 radical (unpaired) electrons. The number of anilines is 1. The summed E-state index contributed by atoms with van der Waals surface area (Å²) in [6.07, 6.45) is 0. The molecule has 3 N–H and O–H groups in total. The summed E-state index contributed by atoms with van der Waals surface area (Å²) in [4.78, 5) is 39.2. The van der Waals surface area contributed by atoms with Gasteiger partial charge in [-0.15, -0.1) is 0 Å². The predicted octanol–water partition coefficient (Wildman–Crippen LogP) is 2.96. The maximum Gasteiger partial charge on any atom is 0.253 e. The fraction of sp³-hybridized carbons (Fsp3) is 0.375. The van der Waals surface area contributed by atoms with E-state index in [-0.39, 0.29) is 42.9 Å². The minimum atomic E-state index is -0.282. The second kappa shape index (κ2) is 11.9. The highest BCUT2D eigenvalue weighted by molar-refractivity contribution is 6.04. The van der Waals surface area contributed by atoms with Crippen molar-refractivity contribution in [2.75, 3.05) is 25.0 Å². The number of hydrogen-bond acceptors (Lipinski definition) is 4. The van der Waals surface area contributed by atoms with E-state index in [1.807, 2.05) is 58.0 Å². The van der Waals surface area contributed by atoms with Crippen molar-refractivity contribution in [2.24, 2.45) is 0 Å². The highest BCUT2D eigenvalue weighted by atomic mass is 16.2. The molecule has 0 saturated heterocycles. The van der Waals surface area contributed by atoms with Crippen LogP contribution >= 0.6 is 0 Å². The van der Waals surface area contributed by atoms with Gasteiger partial charge in [-0.25, -0.2) is 0 Å². The molecule has 7 heteroatoms. The number of para-hydroxylation sites is 1. The fourth-order valence-corrected chi connectivity index (χ4v) is 3.13. The van der Waals surface area contributed by atoms with Gasteiger partial charge in [-0.3, -0.25) is 19.3 Å². The van der Waals surface area contributed by atoms with Crippen LogP contribution in [0, 0.1) is 0 Å². The number of carbonyl (C=O) groups is 3. The summed E-state index contributed by atoms with van der Waals surface area (Å²) in [6, 6.07) is 16.4. The Kier molecular flexibility index (Phi) is 9.21. The Morgan fingerprint density at radius 2 is 1.45 bits per heavy atom. The zero-order valence-corrected chi connectivity index (χ0v) is 18.6. The molecule has 1 unspecified atom stereocenters. The van der Waals surface area contributed by atoms with Gasteiger partial charge in [0.05, 0.1) is 30.4 Å². The molecule has 7 nitrogen and oxygen atoms in total. The average Bonchev–Trinajstić information content (AvgIpc) is 2.73. The molecule has 0 aliphatic rings. The Balaban J connectivity index is 2.01. The van der Waals surface area contributed by atoms with E-state index in [1.165, 1.54) is 0 Å². The van der Waals surface area contributed by atoms with Gasteiger partial charge in [-0.2, -0.15) is 0 Å². The Hall–Kier alpha value is -3.19.